The Hall–Kier alpha value is -1.06. The predicted molar refractivity (Wildman–Crippen MR) is 85.4 cm³/mol. The molecule has 1 aromatic carbocycles. The van der Waals surface area contributed by atoms with E-state index in [0.717, 1.165) is 19.6 Å². The van der Waals surface area contributed by atoms with Crippen molar-refractivity contribution >= 4 is 5.69 Å². The summed E-state index contributed by atoms with van der Waals surface area (Å²) >= 11 is 0. The fraction of sp³-hybridized carbons (Fsp3) is 0.647. The molecule has 0 spiro atoms. The Morgan fingerprint density at radius 3 is 2.45 bits per heavy atom. The number of aryl methyl sites for hydroxylation is 1. The maximum absolute atomic E-state index is 5.81. The normalized spacial score (nSPS) is 23.4. The van der Waals surface area contributed by atoms with E-state index in [1.165, 1.54) is 16.8 Å². The van der Waals surface area contributed by atoms with Crippen molar-refractivity contribution in [2.75, 3.05) is 18.0 Å². The zero-order valence-corrected chi connectivity index (χ0v) is 13.4. The fourth-order valence-corrected chi connectivity index (χ4v) is 2.78. The van der Waals surface area contributed by atoms with Gasteiger partial charge in [0.15, 0.2) is 0 Å². The van der Waals surface area contributed by atoms with E-state index in [9.17, 15) is 0 Å². The lowest BCUT2D eigenvalue weighted by atomic mass is 10.1. The van der Waals surface area contributed by atoms with Gasteiger partial charge >= 0.3 is 0 Å². The summed E-state index contributed by atoms with van der Waals surface area (Å²) in [6.45, 7) is 13.8. The fourth-order valence-electron chi connectivity index (χ4n) is 2.78. The summed E-state index contributed by atoms with van der Waals surface area (Å²) in [7, 11) is 0. The molecule has 112 valence electrons. The lowest BCUT2D eigenvalue weighted by Crippen LogP contribution is -2.45. The zero-order valence-electron chi connectivity index (χ0n) is 13.4. The van der Waals surface area contributed by atoms with E-state index in [1.54, 1.807) is 0 Å². The van der Waals surface area contributed by atoms with Crippen LogP contribution in [0.4, 0.5) is 5.69 Å². The summed E-state index contributed by atoms with van der Waals surface area (Å²) in [5, 5.41) is 3.48. The summed E-state index contributed by atoms with van der Waals surface area (Å²) in [5.41, 5.74) is 4.07. The third-order valence-electron chi connectivity index (χ3n) is 3.81. The molecule has 0 bridgehead atoms. The third-order valence-corrected chi connectivity index (χ3v) is 3.81. The molecule has 0 radical (unpaired) electrons. The number of benzene rings is 1. The van der Waals surface area contributed by atoms with Gasteiger partial charge in [-0.3, -0.25) is 0 Å². The van der Waals surface area contributed by atoms with Crippen LogP contribution in [0.1, 0.15) is 38.8 Å². The molecule has 3 nitrogen and oxygen atoms in total. The number of hydrogen-bond donors (Lipinski definition) is 1. The maximum atomic E-state index is 5.81. The standard InChI is InChI=1S/C17H28N2O/c1-12(2)18-9-16-6-7-17(8-13(16)3)19-10-14(4)20-15(5)11-19/h6-8,12,14-15,18H,9-11H2,1-5H3. The number of ether oxygens (including phenoxy) is 1. The Morgan fingerprint density at radius 1 is 1.25 bits per heavy atom. The number of hydrogen-bond acceptors (Lipinski definition) is 3. The van der Waals surface area contributed by atoms with Crippen LogP contribution in [0.3, 0.4) is 0 Å². The van der Waals surface area contributed by atoms with Crippen molar-refractivity contribution in [3.63, 3.8) is 0 Å². The van der Waals surface area contributed by atoms with Gasteiger partial charge in [-0.2, -0.15) is 0 Å². The molecule has 1 aliphatic heterocycles. The molecule has 3 heteroatoms. The van der Waals surface area contributed by atoms with E-state index >= 15 is 0 Å². The molecular formula is C17H28N2O. The van der Waals surface area contributed by atoms with E-state index < -0.39 is 0 Å². The maximum Gasteiger partial charge on any atom is 0.0726 e. The average molecular weight is 276 g/mol. The minimum absolute atomic E-state index is 0.307. The first-order valence-corrected chi connectivity index (χ1v) is 7.69. The summed E-state index contributed by atoms with van der Waals surface area (Å²) in [4.78, 5) is 2.44. The Bertz CT molecular complexity index is 435. The van der Waals surface area contributed by atoms with E-state index in [0.29, 0.717) is 18.2 Å². The highest BCUT2D eigenvalue weighted by Crippen LogP contribution is 2.23. The molecule has 0 amide bonds. The molecule has 2 atom stereocenters. The Balaban J connectivity index is 2.08. The lowest BCUT2D eigenvalue weighted by Gasteiger charge is -2.37. The highest BCUT2D eigenvalue weighted by Gasteiger charge is 2.22. The first-order chi connectivity index (χ1) is 9.45. The molecular weight excluding hydrogens is 248 g/mol. The smallest absolute Gasteiger partial charge is 0.0726 e. The topological polar surface area (TPSA) is 24.5 Å². The summed E-state index contributed by atoms with van der Waals surface area (Å²) in [6.07, 6.45) is 0.614. The quantitative estimate of drug-likeness (QED) is 0.914. The minimum atomic E-state index is 0.307. The molecule has 20 heavy (non-hydrogen) atoms. The van der Waals surface area contributed by atoms with Crippen molar-refractivity contribution in [1.29, 1.82) is 0 Å². The van der Waals surface area contributed by atoms with Gasteiger partial charge in [0.1, 0.15) is 0 Å². The molecule has 1 N–H and O–H groups in total. The number of anilines is 1. The minimum Gasteiger partial charge on any atom is -0.372 e. The summed E-state index contributed by atoms with van der Waals surface area (Å²) in [5.74, 6) is 0. The second-order valence-electron chi connectivity index (χ2n) is 6.31. The Labute approximate surface area is 123 Å². The number of nitrogens with zero attached hydrogens (tertiary/aromatic N) is 1. The van der Waals surface area contributed by atoms with Gasteiger partial charge in [0, 0.05) is 31.4 Å². The highest BCUT2D eigenvalue weighted by atomic mass is 16.5. The largest absolute Gasteiger partial charge is 0.372 e. The molecule has 0 saturated carbocycles. The van der Waals surface area contributed by atoms with Crippen LogP contribution in [0.25, 0.3) is 0 Å². The van der Waals surface area contributed by atoms with Gasteiger partial charge in [0.25, 0.3) is 0 Å². The molecule has 1 aromatic rings. The molecule has 0 aliphatic carbocycles. The second kappa shape index (κ2) is 6.59. The van der Waals surface area contributed by atoms with Crippen molar-refractivity contribution in [2.24, 2.45) is 0 Å². The van der Waals surface area contributed by atoms with Crippen LogP contribution >= 0.6 is 0 Å². The van der Waals surface area contributed by atoms with Crippen LogP contribution in [-0.2, 0) is 11.3 Å². The van der Waals surface area contributed by atoms with Gasteiger partial charge in [0.05, 0.1) is 12.2 Å². The first kappa shape index (κ1) is 15.3. The highest BCUT2D eigenvalue weighted by molar-refractivity contribution is 5.51. The van der Waals surface area contributed by atoms with Crippen LogP contribution in [0.5, 0.6) is 0 Å². The lowest BCUT2D eigenvalue weighted by molar-refractivity contribution is -0.00522. The van der Waals surface area contributed by atoms with Crippen molar-refractivity contribution in [3.05, 3.63) is 29.3 Å². The predicted octanol–water partition coefficient (Wildman–Crippen LogP) is 3.11. The molecule has 0 aromatic heterocycles. The number of morpholine rings is 1. The van der Waals surface area contributed by atoms with Crippen molar-refractivity contribution in [3.8, 4) is 0 Å². The third kappa shape index (κ3) is 3.97. The van der Waals surface area contributed by atoms with Crippen molar-refractivity contribution in [1.82, 2.24) is 5.32 Å². The van der Waals surface area contributed by atoms with Gasteiger partial charge in [-0.15, -0.1) is 0 Å². The number of rotatable bonds is 4. The van der Waals surface area contributed by atoms with Crippen LogP contribution in [0.2, 0.25) is 0 Å². The Kier molecular flexibility index (Phi) is 5.06. The van der Waals surface area contributed by atoms with Crippen LogP contribution in [-0.4, -0.2) is 31.3 Å². The van der Waals surface area contributed by atoms with Crippen LogP contribution in [0, 0.1) is 6.92 Å². The van der Waals surface area contributed by atoms with Gasteiger partial charge in [-0.1, -0.05) is 19.9 Å². The first-order valence-electron chi connectivity index (χ1n) is 7.69. The molecule has 2 unspecified atom stereocenters. The summed E-state index contributed by atoms with van der Waals surface area (Å²) in [6, 6.07) is 7.33. The molecule has 1 saturated heterocycles. The monoisotopic (exact) mass is 276 g/mol. The van der Waals surface area contributed by atoms with E-state index in [2.05, 4.69) is 63.0 Å². The van der Waals surface area contributed by atoms with Crippen LogP contribution < -0.4 is 10.2 Å². The molecule has 1 heterocycles. The summed E-state index contributed by atoms with van der Waals surface area (Å²) < 4.78 is 5.81. The van der Waals surface area contributed by atoms with E-state index in [4.69, 9.17) is 4.74 Å². The second-order valence-corrected chi connectivity index (χ2v) is 6.31. The average Bonchev–Trinajstić information content (AvgIpc) is 2.35. The van der Waals surface area contributed by atoms with Gasteiger partial charge in [-0.05, 0) is 44.0 Å². The zero-order chi connectivity index (χ0) is 14.7. The number of nitrogens with one attached hydrogen (secondary N) is 1. The van der Waals surface area contributed by atoms with Gasteiger partial charge < -0.3 is 15.0 Å². The van der Waals surface area contributed by atoms with Crippen LogP contribution in [0.15, 0.2) is 18.2 Å². The van der Waals surface area contributed by atoms with Gasteiger partial charge in [-0.25, -0.2) is 0 Å². The molecule has 2 rings (SSSR count). The van der Waals surface area contributed by atoms with Crippen molar-refractivity contribution < 1.29 is 4.74 Å². The van der Waals surface area contributed by atoms with Gasteiger partial charge in [0.2, 0.25) is 0 Å². The SMILES string of the molecule is Cc1cc(N2CC(C)OC(C)C2)ccc1CNC(C)C. The Morgan fingerprint density at radius 2 is 1.90 bits per heavy atom. The van der Waals surface area contributed by atoms with E-state index in [1.807, 2.05) is 0 Å². The van der Waals surface area contributed by atoms with Crippen molar-refractivity contribution in [2.45, 2.75) is 59.4 Å². The molecule has 1 fully saturated rings. The molecule has 1 aliphatic rings. The van der Waals surface area contributed by atoms with E-state index in [-0.39, 0.29) is 0 Å².